The van der Waals surface area contributed by atoms with Crippen LogP contribution < -0.4 is 9.80 Å². The Balaban J connectivity index is 1.48. The van der Waals surface area contributed by atoms with Crippen LogP contribution in [0.2, 0.25) is 0 Å². The van der Waals surface area contributed by atoms with Gasteiger partial charge in [0.1, 0.15) is 5.82 Å². The van der Waals surface area contributed by atoms with Gasteiger partial charge in [-0.15, -0.1) is 26.6 Å². The van der Waals surface area contributed by atoms with Crippen molar-refractivity contribution in [1.82, 2.24) is 24.8 Å². The lowest BCUT2D eigenvalue weighted by Gasteiger charge is -2.35. The second kappa shape index (κ2) is 5.77. The molecule has 4 heterocycles. The van der Waals surface area contributed by atoms with E-state index in [-0.39, 0.29) is 0 Å². The summed E-state index contributed by atoms with van der Waals surface area (Å²) in [6, 6.07) is 4.00. The fourth-order valence-corrected chi connectivity index (χ4v) is 3.69. The van der Waals surface area contributed by atoms with Gasteiger partial charge >= 0.3 is 0 Å². The Morgan fingerprint density at radius 2 is 1.87 bits per heavy atom. The largest absolute Gasteiger partial charge is 0.352 e. The van der Waals surface area contributed by atoms with Gasteiger partial charge in [0.05, 0.1) is 0 Å². The van der Waals surface area contributed by atoms with Gasteiger partial charge in [-0.05, 0) is 25.5 Å². The summed E-state index contributed by atoms with van der Waals surface area (Å²) >= 11 is 1.80. The number of aryl methyl sites for hydroxylation is 2. The first-order chi connectivity index (χ1) is 11.2. The number of nitrogens with zero attached hydrogens (tertiary/aromatic N) is 7. The van der Waals surface area contributed by atoms with Crippen molar-refractivity contribution in [2.75, 3.05) is 36.0 Å². The molecule has 0 unspecified atom stereocenters. The van der Waals surface area contributed by atoms with Crippen LogP contribution in [-0.4, -0.2) is 51.0 Å². The van der Waals surface area contributed by atoms with Crippen molar-refractivity contribution in [3.63, 3.8) is 0 Å². The number of aromatic nitrogens is 5. The molecule has 8 heteroatoms. The van der Waals surface area contributed by atoms with Crippen LogP contribution in [0.1, 0.15) is 17.6 Å². The third-order valence-electron chi connectivity index (χ3n) is 4.17. The topological polar surface area (TPSA) is 62.5 Å². The highest BCUT2D eigenvalue weighted by molar-refractivity contribution is 7.15. The molecule has 0 amide bonds. The third-order valence-corrected chi connectivity index (χ3v) is 5.37. The van der Waals surface area contributed by atoms with Crippen molar-refractivity contribution in [2.45, 2.75) is 20.3 Å². The molecule has 0 spiro atoms. The highest BCUT2D eigenvalue weighted by Gasteiger charge is 2.21. The lowest BCUT2D eigenvalue weighted by atomic mass is 10.3. The van der Waals surface area contributed by atoms with E-state index in [1.165, 1.54) is 4.88 Å². The van der Waals surface area contributed by atoms with Crippen LogP contribution in [0.3, 0.4) is 0 Å². The van der Waals surface area contributed by atoms with Gasteiger partial charge < -0.3 is 9.80 Å². The number of thiazole rings is 1. The Hall–Kier alpha value is -2.22. The summed E-state index contributed by atoms with van der Waals surface area (Å²) in [4.78, 5) is 10.6. The Kier molecular flexibility index (Phi) is 3.60. The summed E-state index contributed by atoms with van der Waals surface area (Å²) in [5, 5.41) is 13.9. The molecular weight excluding hydrogens is 310 g/mol. The van der Waals surface area contributed by atoms with Crippen molar-refractivity contribution >= 4 is 27.9 Å². The molecule has 3 aromatic rings. The lowest BCUT2D eigenvalue weighted by molar-refractivity contribution is 0.639. The first-order valence-electron chi connectivity index (χ1n) is 7.88. The van der Waals surface area contributed by atoms with Crippen LogP contribution in [0.25, 0.3) is 5.65 Å². The standard InChI is InChI=1S/C15H19N7S/c1-3-12-10-16-15(23-12)21-8-6-20(7-9-21)14-5-4-13-18-17-11(2)22(13)19-14/h4-5,10H,3,6-9H2,1-2H3. The summed E-state index contributed by atoms with van der Waals surface area (Å²) < 4.78 is 1.80. The SMILES string of the molecule is CCc1cnc(N2CCN(c3ccc4nnc(C)n4n3)CC2)s1. The van der Waals surface area contributed by atoms with Crippen LogP contribution in [0.4, 0.5) is 10.9 Å². The number of hydrogen-bond acceptors (Lipinski definition) is 7. The first kappa shape index (κ1) is 14.4. The number of fused-ring (bicyclic) bond motifs is 1. The van der Waals surface area contributed by atoms with E-state index in [0.29, 0.717) is 0 Å². The zero-order valence-corrected chi connectivity index (χ0v) is 14.1. The molecule has 0 bridgehead atoms. The Morgan fingerprint density at radius 3 is 2.61 bits per heavy atom. The molecule has 0 radical (unpaired) electrons. The van der Waals surface area contributed by atoms with Crippen LogP contribution >= 0.6 is 11.3 Å². The van der Waals surface area contributed by atoms with E-state index in [1.54, 1.807) is 15.9 Å². The van der Waals surface area contributed by atoms with Crippen molar-refractivity contribution in [3.05, 3.63) is 29.0 Å². The number of anilines is 2. The van der Waals surface area contributed by atoms with Crippen LogP contribution in [-0.2, 0) is 6.42 Å². The van der Waals surface area contributed by atoms with E-state index < -0.39 is 0 Å². The number of hydrogen-bond donors (Lipinski definition) is 0. The van der Waals surface area contributed by atoms with E-state index in [9.17, 15) is 0 Å². The van der Waals surface area contributed by atoms with E-state index in [0.717, 1.165) is 55.0 Å². The molecule has 23 heavy (non-hydrogen) atoms. The highest BCUT2D eigenvalue weighted by Crippen LogP contribution is 2.25. The maximum absolute atomic E-state index is 4.66. The molecule has 1 fully saturated rings. The van der Waals surface area contributed by atoms with Gasteiger partial charge in [0.15, 0.2) is 16.6 Å². The minimum absolute atomic E-state index is 0.791. The van der Waals surface area contributed by atoms with Gasteiger partial charge in [-0.25, -0.2) is 4.98 Å². The molecule has 0 aliphatic carbocycles. The predicted octanol–water partition coefficient (Wildman–Crippen LogP) is 1.78. The molecule has 0 N–H and O–H groups in total. The van der Waals surface area contributed by atoms with Gasteiger partial charge in [-0.1, -0.05) is 6.92 Å². The maximum Gasteiger partial charge on any atom is 0.185 e. The van der Waals surface area contributed by atoms with Crippen molar-refractivity contribution in [2.24, 2.45) is 0 Å². The van der Waals surface area contributed by atoms with Crippen molar-refractivity contribution in [3.8, 4) is 0 Å². The van der Waals surface area contributed by atoms with Gasteiger partial charge in [0.25, 0.3) is 0 Å². The van der Waals surface area contributed by atoms with Gasteiger partial charge in [-0.2, -0.15) is 4.52 Å². The minimum Gasteiger partial charge on any atom is -0.352 e. The summed E-state index contributed by atoms with van der Waals surface area (Å²) in [5.41, 5.74) is 0.791. The summed E-state index contributed by atoms with van der Waals surface area (Å²) in [6.45, 7) is 7.92. The summed E-state index contributed by atoms with van der Waals surface area (Å²) in [6.07, 6.45) is 3.05. The highest BCUT2D eigenvalue weighted by atomic mass is 32.1. The lowest BCUT2D eigenvalue weighted by Crippen LogP contribution is -2.46. The quantitative estimate of drug-likeness (QED) is 0.730. The Bertz CT molecular complexity index is 816. The molecule has 1 aliphatic heterocycles. The second-order valence-electron chi connectivity index (χ2n) is 5.65. The van der Waals surface area contributed by atoms with E-state index in [2.05, 4.69) is 37.0 Å². The Morgan fingerprint density at radius 1 is 1.09 bits per heavy atom. The van der Waals surface area contributed by atoms with Crippen molar-refractivity contribution in [1.29, 1.82) is 0 Å². The molecule has 1 aliphatic rings. The molecular formula is C15H19N7S. The molecule has 7 nitrogen and oxygen atoms in total. The third kappa shape index (κ3) is 2.63. The van der Waals surface area contributed by atoms with Crippen LogP contribution in [0.15, 0.2) is 18.3 Å². The second-order valence-corrected chi connectivity index (χ2v) is 6.74. The fraction of sp³-hybridized carbons (Fsp3) is 0.467. The molecule has 120 valence electrons. The summed E-state index contributed by atoms with van der Waals surface area (Å²) in [7, 11) is 0. The average Bonchev–Trinajstić information content (AvgIpc) is 3.22. The fourth-order valence-electron chi connectivity index (χ4n) is 2.79. The zero-order valence-electron chi connectivity index (χ0n) is 13.3. The molecule has 0 aromatic carbocycles. The molecule has 4 rings (SSSR count). The van der Waals surface area contributed by atoms with Gasteiger partial charge in [-0.3, -0.25) is 0 Å². The smallest absolute Gasteiger partial charge is 0.185 e. The molecule has 1 saturated heterocycles. The van der Waals surface area contributed by atoms with E-state index in [1.807, 2.05) is 25.3 Å². The average molecular weight is 329 g/mol. The van der Waals surface area contributed by atoms with Gasteiger partial charge in [0.2, 0.25) is 0 Å². The monoisotopic (exact) mass is 329 g/mol. The van der Waals surface area contributed by atoms with Gasteiger partial charge in [0, 0.05) is 37.3 Å². The van der Waals surface area contributed by atoms with E-state index in [4.69, 9.17) is 0 Å². The minimum atomic E-state index is 0.791. The summed E-state index contributed by atoms with van der Waals surface area (Å²) in [5.74, 6) is 1.80. The van der Waals surface area contributed by atoms with Crippen molar-refractivity contribution < 1.29 is 0 Å². The predicted molar refractivity (Wildman–Crippen MR) is 91.4 cm³/mol. The van der Waals surface area contributed by atoms with E-state index >= 15 is 0 Å². The maximum atomic E-state index is 4.66. The number of rotatable bonds is 3. The molecule has 0 atom stereocenters. The zero-order chi connectivity index (χ0) is 15.8. The normalized spacial score (nSPS) is 15.6. The first-order valence-corrected chi connectivity index (χ1v) is 8.70. The van der Waals surface area contributed by atoms with Crippen LogP contribution in [0, 0.1) is 6.92 Å². The molecule has 3 aromatic heterocycles. The van der Waals surface area contributed by atoms with Crippen LogP contribution in [0.5, 0.6) is 0 Å². The molecule has 0 saturated carbocycles. The number of piperazine rings is 1. The Labute approximate surface area is 138 Å².